The Labute approximate surface area is 110 Å². The van der Waals surface area contributed by atoms with Gasteiger partial charge in [0.05, 0.1) is 12.2 Å². The van der Waals surface area contributed by atoms with Gasteiger partial charge in [-0.1, -0.05) is 17.8 Å². The number of tetrazole rings is 1. The molecule has 0 aliphatic carbocycles. The number of thioether (sulfide) groups is 1. The monoisotopic (exact) mass is 264 g/mol. The van der Waals surface area contributed by atoms with Gasteiger partial charge in [0, 0.05) is 18.0 Å². The summed E-state index contributed by atoms with van der Waals surface area (Å²) in [5.74, 6) is 0.779. The minimum Gasteiger partial charge on any atom is -0.318 e. The van der Waals surface area contributed by atoms with Gasteiger partial charge in [-0.25, -0.2) is 4.68 Å². The van der Waals surface area contributed by atoms with Gasteiger partial charge in [-0.15, -0.1) is 5.10 Å². The molecule has 2 aromatic heterocycles. The molecule has 0 unspecified atom stereocenters. The van der Waals surface area contributed by atoms with Crippen LogP contribution >= 0.6 is 11.8 Å². The lowest BCUT2D eigenvalue weighted by Gasteiger charge is -2.04. The summed E-state index contributed by atoms with van der Waals surface area (Å²) in [5.41, 5.74) is 2.08. The summed E-state index contributed by atoms with van der Waals surface area (Å²) in [6.45, 7) is 3.61. The number of likely N-dealkylation sites (N-methyl/N-ethyl adjacent to an activating group) is 1. The Hall–Kier alpha value is -1.47. The van der Waals surface area contributed by atoms with Crippen molar-refractivity contribution in [2.45, 2.75) is 24.4 Å². The fourth-order valence-electron chi connectivity index (χ4n) is 1.48. The van der Waals surface area contributed by atoms with Crippen LogP contribution in [0.4, 0.5) is 0 Å². The number of rotatable bonds is 6. The molecule has 2 aromatic rings. The molecule has 0 saturated heterocycles. The first-order valence-corrected chi connectivity index (χ1v) is 6.74. The second-order valence-electron chi connectivity index (χ2n) is 3.85. The van der Waals surface area contributed by atoms with Crippen molar-refractivity contribution < 1.29 is 0 Å². The van der Waals surface area contributed by atoms with Gasteiger partial charge in [0.2, 0.25) is 5.16 Å². The fourth-order valence-corrected chi connectivity index (χ4v) is 2.29. The van der Waals surface area contributed by atoms with E-state index in [1.807, 2.05) is 32.2 Å². The maximum absolute atomic E-state index is 4.45. The number of hydrogen-bond acceptors (Lipinski definition) is 6. The molecule has 7 heteroatoms. The Morgan fingerprint density at radius 1 is 1.39 bits per heavy atom. The van der Waals surface area contributed by atoms with Crippen LogP contribution in [0.25, 0.3) is 0 Å². The van der Waals surface area contributed by atoms with E-state index in [4.69, 9.17) is 0 Å². The van der Waals surface area contributed by atoms with Crippen LogP contribution in [0.15, 0.2) is 23.4 Å². The van der Waals surface area contributed by atoms with E-state index in [0.717, 1.165) is 35.4 Å². The Bertz CT molecular complexity index is 498. The van der Waals surface area contributed by atoms with Crippen molar-refractivity contribution in [1.29, 1.82) is 0 Å². The molecule has 0 radical (unpaired) electrons. The highest BCUT2D eigenvalue weighted by molar-refractivity contribution is 7.98. The molecule has 96 valence electrons. The van der Waals surface area contributed by atoms with Crippen LogP contribution in [-0.4, -0.2) is 38.8 Å². The zero-order valence-electron chi connectivity index (χ0n) is 10.5. The van der Waals surface area contributed by atoms with E-state index in [-0.39, 0.29) is 0 Å². The summed E-state index contributed by atoms with van der Waals surface area (Å²) in [7, 11) is 1.91. The highest BCUT2D eigenvalue weighted by Gasteiger charge is 2.07. The molecular formula is C11H16N6S. The van der Waals surface area contributed by atoms with Crippen LogP contribution < -0.4 is 5.32 Å². The van der Waals surface area contributed by atoms with Crippen molar-refractivity contribution >= 4 is 11.8 Å². The third kappa shape index (κ3) is 3.51. The molecule has 0 fully saturated rings. The van der Waals surface area contributed by atoms with Crippen molar-refractivity contribution in [2.75, 3.05) is 13.6 Å². The van der Waals surface area contributed by atoms with Crippen LogP contribution in [0.3, 0.4) is 0 Å². The molecule has 1 N–H and O–H groups in total. The molecule has 6 nitrogen and oxygen atoms in total. The van der Waals surface area contributed by atoms with Crippen LogP contribution in [0.5, 0.6) is 0 Å². The fraction of sp³-hybridized carbons (Fsp3) is 0.455. The largest absolute Gasteiger partial charge is 0.318 e. The van der Waals surface area contributed by atoms with Crippen LogP contribution in [0.2, 0.25) is 0 Å². The van der Waals surface area contributed by atoms with E-state index >= 15 is 0 Å². The lowest BCUT2D eigenvalue weighted by atomic mass is 10.3. The Balaban J connectivity index is 1.95. The van der Waals surface area contributed by atoms with Gasteiger partial charge < -0.3 is 5.32 Å². The van der Waals surface area contributed by atoms with Gasteiger partial charge in [0.15, 0.2) is 0 Å². The smallest absolute Gasteiger partial charge is 0.209 e. The predicted molar refractivity (Wildman–Crippen MR) is 70.3 cm³/mol. The molecule has 0 atom stereocenters. The topological polar surface area (TPSA) is 68.5 Å². The molecule has 0 amide bonds. The van der Waals surface area contributed by atoms with E-state index < -0.39 is 0 Å². The lowest BCUT2D eigenvalue weighted by Crippen LogP contribution is -2.16. The minimum atomic E-state index is 0.771. The minimum absolute atomic E-state index is 0.771. The van der Waals surface area contributed by atoms with E-state index in [0.29, 0.717) is 0 Å². The Morgan fingerprint density at radius 2 is 2.28 bits per heavy atom. The molecule has 0 aromatic carbocycles. The summed E-state index contributed by atoms with van der Waals surface area (Å²) in [5, 5.41) is 15.6. The average molecular weight is 264 g/mol. The summed E-state index contributed by atoms with van der Waals surface area (Å²) in [4.78, 5) is 4.45. The number of hydrogen-bond donors (Lipinski definition) is 1. The van der Waals surface area contributed by atoms with E-state index in [1.54, 1.807) is 16.4 Å². The van der Waals surface area contributed by atoms with Gasteiger partial charge in [-0.2, -0.15) is 0 Å². The van der Waals surface area contributed by atoms with Crippen molar-refractivity contribution in [2.24, 2.45) is 0 Å². The number of nitrogens with one attached hydrogen (secondary N) is 1. The van der Waals surface area contributed by atoms with Gasteiger partial charge in [0.1, 0.15) is 0 Å². The molecule has 2 heterocycles. The number of aromatic nitrogens is 5. The van der Waals surface area contributed by atoms with Gasteiger partial charge >= 0.3 is 0 Å². The zero-order chi connectivity index (χ0) is 12.8. The SMILES string of the molecule is CNCCn1nnnc1SCc1cccc(C)n1. The zero-order valence-corrected chi connectivity index (χ0v) is 11.3. The normalized spacial score (nSPS) is 10.8. The molecule has 0 bridgehead atoms. The van der Waals surface area contributed by atoms with Crippen LogP contribution in [-0.2, 0) is 12.3 Å². The van der Waals surface area contributed by atoms with Gasteiger partial charge in [-0.3, -0.25) is 4.98 Å². The molecular weight excluding hydrogens is 248 g/mol. The van der Waals surface area contributed by atoms with E-state index in [1.165, 1.54) is 0 Å². The van der Waals surface area contributed by atoms with Crippen molar-refractivity contribution in [3.8, 4) is 0 Å². The third-order valence-electron chi connectivity index (χ3n) is 2.37. The highest BCUT2D eigenvalue weighted by Crippen LogP contribution is 2.18. The lowest BCUT2D eigenvalue weighted by molar-refractivity contribution is 0.530. The first-order valence-electron chi connectivity index (χ1n) is 5.75. The molecule has 0 aliphatic rings. The maximum atomic E-state index is 4.45. The molecule has 0 aliphatic heterocycles. The maximum Gasteiger partial charge on any atom is 0.209 e. The van der Waals surface area contributed by atoms with Gasteiger partial charge in [0.25, 0.3) is 0 Å². The van der Waals surface area contributed by atoms with Crippen LogP contribution in [0.1, 0.15) is 11.4 Å². The first kappa shape index (κ1) is 13.0. The second-order valence-corrected chi connectivity index (χ2v) is 4.79. The van der Waals surface area contributed by atoms with Crippen LogP contribution in [0, 0.1) is 6.92 Å². The summed E-state index contributed by atoms with van der Waals surface area (Å²) < 4.78 is 1.80. The molecule has 0 spiro atoms. The summed E-state index contributed by atoms with van der Waals surface area (Å²) in [6.07, 6.45) is 0. The molecule has 0 saturated carbocycles. The number of pyridine rings is 1. The Kier molecular flexibility index (Phi) is 4.66. The number of aryl methyl sites for hydroxylation is 1. The first-order chi connectivity index (χ1) is 8.79. The highest BCUT2D eigenvalue weighted by atomic mass is 32.2. The van der Waals surface area contributed by atoms with Crippen molar-refractivity contribution in [3.05, 3.63) is 29.6 Å². The molecule has 2 rings (SSSR count). The second kappa shape index (κ2) is 6.46. The standard InChI is InChI=1S/C11H16N6S/c1-9-4-3-5-10(13-9)8-18-11-14-15-16-17(11)7-6-12-2/h3-5,12H,6-8H2,1-2H3. The molecule has 18 heavy (non-hydrogen) atoms. The van der Waals surface area contributed by atoms with E-state index in [9.17, 15) is 0 Å². The third-order valence-corrected chi connectivity index (χ3v) is 3.36. The quantitative estimate of drug-likeness (QED) is 0.781. The number of nitrogens with zero attached hydrogens (tertiary/aromatic N) is 5. The summed E-state index contributed by atoms with van der Waals surface area (Å²) >= 11 is 1.60. The van der Waals surface area contributed by atoms with Gasteiger partial charge in [-0.05, 0) is 36.5 Å². The summed E-state index contributed by atoms with van der Waals surface area (Å²) in [6, 6.07) is 6.02. The van der Waals surface area contributed by atoms with Crippen molar-refractivity contribution in [3.63, 3.8) is 0 Å². The van der Waals surface area contributed by atoms with Crippen molar-refractivity contribution in [1.82, 2.24) is 30.5 Å². The average Bonchev–Trinajstić information content (AvgIpc) is 2.81. The predicted octanol–water partition coefficient (Wildman–Crippen LogP) is 0.888. The Morgan fingerprint density at radius 3 is 3.06 bits per heavy atom. The van der Waals surface area contributed by atoms with E-state index in [2.05, 4.69) is 25.8 Å².